The van der Waals surface area contributed by atoms with Crippen LogP contribution in [0, 0.1) is 5.92 Å². The first-order valence-corrected chi connectivity index (χ1v) is 8.35. The van der Waals surface area contributed by atoms with Crippen LogP contribution in [0.15, 0.2) is 18.5 Å². The maximum atomic E-state index is 12.4. The molecule has 0 radical (unpaired) electrons. The number of carbonyl (C=O) groups is 2. The van der Waals surface area contributed by atoms with Crippen LogP contribution in [0.5, 0.6) is 0 Å². The van der Waals surface area contributed by atoms with Crippen LogP contribution in [-0.4, -0.2) is 63.9 Å². The highest BCUT2D eigenvalue weighted by atomic mass is 16.2. The lowest BCUT2D eigenvalue weighted by Crippen LogP contribution is -2.44. The van der Waals surface area contributed by atoms with Crippen molar-refractivity contribution in [3.63, 3.8) is 0 Å². The highest BCUT2D eigenvalue weighted by Gasteiger charge is 2.44. The molecule has 1 unspecified atom stereocenters. The minimum atomic E-state index is -0.0921. The smallest absolute Gasteiger partial charge is 0.327 e. The van der Waals surface area contributed by atoms with E-state index >= 15 is 0 Å². The zero-order chi connectivity index (χ0) is 15.8. The van der Waals surface area contributed by atoms with Crippen molar-refractivity contribution in [2.45, 2.75) is 31.7 Å². The summed E-state index contributed by atoms with van der Waals surface area (Å²) < 4.78 is 0. The summed E-state index contributed by atoms with van der Waals surface area (Å²) in [6.45, 7) is 2.51. The second kappa shape index (κ2) is 5.79. The van der Waals surface area contributed by atoms with Crippen molar-refractivity contribution < 1.29 is 9.59 Å². The maximum Gasteiger partial charge on any atom is 0.327 e. The monoisotopic (exact) mass is 315 g/mol. The fourth-order valence-corrected chi connectivity index (χ4v) is 3.52. The van der Waals surface area contributed by atoms with Gasteiger partial charge in [0, 0.05) is 38.1 Å². The lowest BCUT2D eigenvalue weighted by atomic mass is 9.98. The molecular weight excluding hydrogens is 294 g/mol. The van der Waals surface area contributed by atoms with Gasteiger partial charge in [-0.15, -0.1) is 0 Å². The van der Waals surface area contributed by atoms with E-state index in [0.717, 1.165) is 44.7 Å². The van der Waals surface area contributed by atoms with Gasteiger partial charge in [0.05, 0.1) is 0 Å². The second-order valence-corrected chi connectivity index (χ2v) is 6.65. The third-order valence-corrected chi connectivity index (χ3v) is 4.87. The van der Waals surface area contributed by atoms with Crippen molar-refractivity contribution in [2.24, 2.45) is 5.92 Å². The van der Waals surface area contributed by atoms with Gasteiger partial charge < -0.3 is 9.80 Å². The Hall–Kier alpha value is -2.18. The summed E-state index contributed by atoms with van der Waals surface area (Å²) in [5.41, 5.74) is 0. The van der Waals surface area contributed by atoms with Crippen LogP contribution in [0.3, 0.4) is 0 Å². The normalized spacial score (nSPS) is 25.4. The predicted molar refractivity (Wildman–Crippen MR) is 83.8 cm³/mol. The summed E-state index contributed by atoms with van der Waals surface area (Å²) in [6.07, 6.45) is 7.63. The molecule has 2 saturated heterocycles. The maximum absolute atomic E-state index is 12.4. The molecule has 1 saturated carbocycles. The van der Waals surface area contributed by atoms with Gasteiger partial charge in [-0.1, -0.05) is 0 Å². The zero-order valence-corrected chi connectivity index (χ0v) is 13.1. The van der Waals surface area contributed by atoms with E-state index in [4.69, 9.17) is 0 Å². The number of hydrogen-bond donors (Lipinski definition) is 0. The molecule has 1 aromatic heterocycles. The van der Waals surface area contributed by atoms with Crippen LogP contribution in [-0.2, 0) is 4.79 Å². The number of rotatable bonds is 4. The highest BCUT2D eigenvalue weighted by Crippen LogP contribution is 2.31. The molecule has 3 amide bonds. The van der Waals surface area contributed by atoms with Crippen LogP contribution in [0.2, 0.25) is 0 Å². The largest absolute Gasteiger partial charge is 0.340 e. The third kappa shape index (κ3) is 2.87. The van der Waals surface area contributed by atoms with Gasteiger partial charge in [-0.3, -0.25) is 9.69 Å². The van der Waals surface area contributed by atoms with Crippen molar-refractivity contribution in [2.75, 3.05) is 31.1 Å². The molecule has 0 bridgehead atoms. The number of carbonyl (C=O) groups excluding carboxylic acids is 2. The third-order valence-electron chi connectivity index (χ3n) is 4.87. The molecule has 3 aliphatic rings. The van der Waals surface area contributed by atoms with E-state index < -0.39 is 0 Å². The zero-order valence-electron chi connectivity index (χ0n) is 13.1. The van der Waals surface area contributed by atoms with Gasteiger partial charge >= 0.3 is 6.03 Å². The van der Waals surface area contributed by atoms with E-state index in [0.29, 0.717) is 18.5 Å². The number of piperidine rings is 1. The Morgan fingerprint density at radius 2 is 1.91 bits per heavy atom. The number of urea groups is 1. The first kappa shape index (κ1) is 14.4. The standard InChI is InChI=1S/C16H21N5O2/c22-14-11-20(13-4-5-13)16(23)21(14)10-12-3-1-8-19(9-12)15-17-6-2-7-18-15/h2,6-7,12-13H,1,3-5,8-11H2. The Morgan fingerprint density at radius 3 is 2.65 bits per heavy atom. The highest BCUT2D eigenvalue weighted by molar-refractivity contribution is 6.02. The van der Waals surface area contributed by atoms with E-state index in [1.807, 2.05) is 0 Å². The van der Waals surface area contributed by atoms with Gasteiger partial charge in [0.2, 0.25) is 11.9 Å². The SMILES string of the molecule is O=C1CN(C2CC2)C(=O)N1CC1CCCN(c2ncccn2)C1. The molecule has 0 spiro atoms. The molecule has 3 fully saturated rings. The molecule has 0 N–H and O–H groups in total. The van der Waals surface area contributed by atoms with Gasteiger partial charge in [0.15, 0.2) is 0 Å². The molecule has 23 heavy (non-hydrogen) atoms. The Bertz CT molecular complexity index is 604. The van der Waals surface area contributed by atoms with Crippen LogP contribution in [0.4, 0.5) is 10.7 Å². The van der Waals surface area contributed by atoms with E-state index in [-0.39, 0.29) is 18.5 Å². The minimum absolute atomic E-state index is 0.0463. The second-order valence-electron chi connectivity index (χ2n) is 6.65. The molecule has 122 valence electrons. The van der Waals surface area contributed by atoms with E-state index in [1.165, 1.54) is 4.90 Å². The Balaban J connectivity index is 1.40. The van der Waals surface area contributed by atoms with Gasteiger partial charge in [0.25, 0.3) is 0 Å². The number of imide groups is 1. The fourth-order valence-electron chi connectivity index (χ4n) is 3.52. The number of hydrogen-bond acceptors (Lipinski definition) is 5. The molecule has 7 nitrogen and oxygen atoms in total. The molecule has 7 heteroatoms. The predicted octanol–water partition coefficient (Wildman–Crippen LogP) is 1.12. The van der Waals surface area contributed by atoms with Crippen LogP contribution in [0.25, 0.3) is 0 Å². The van der Waals surface area contributed by atoms with Crippen molar-refractivity contribution in [1.82, 2.24) is 19.8 Å². The number of anilines is 1. The number of aromatic nitrogens is 2. The molecule has 0 aromatic carbocycles. The molecule has 3 heterocycles. The summed E-state index contributed by atoms with van der Waals surface area (Å²) in [6, 6.07) is 2.02. The average molecular weight is 315 g/mol. The minimum Gasteiger partial charge on any atom is -0.340 e. The van der Waals surface area contributed by atoms with Crippen LogP contribution in [0.1, 0.15) is 25.7 Å². The van der Waals surface area contributed by atoms with Gasteiger partial charge in [-0.25, -0.2) is 14.8 Å². The molecule has 1 atom stereocenters. The number of amides is 3. The summed E-state index contributed by atoms with van der Waals surface area (Å²) in [5.74, 6) is 0.977. The summed E-state index contributed by atoms with van der Waals surface area (Å²) in [7, 11) is 0. The van der Waals surface area contributed by atoms with E-state index in [1.54, 1.807) is 23.4 Å². The quantitative estimate of drug-likeness (QED) is 0.779. The van der Waals surface area contributed by atoms with Gasteiger partial charge in [0.1, 0.15) is 6.54 Å². The van der Waals surface area contributed by atoms with Crippen molar-refractivity contribution in [3.05, 3.63) is 18.5 Å². The lowest BCUT2D eigenvalue weighted by molar-refractivity contribution is -0.125. The molecule has 4 rings (SSSR count). The molecule has 1 aromatic rings. The van der Waals surface area contributed by atoms with Crippen LogP contribution >= 0.6 is 0 Å². The summed E-state index contributed by atoms with van der Waals surface area (Å²) in [5, 5.41) is 0. The van der Waals surface area contributed by atoms with Crippen molar-refractivity contribution in [1.29, 1.82) is 0 Å². The van der Waals surface area contributed by atoms with Gasteiger partial charge in [-0.05, 0) is 37.7 Å². The molecule has 1 aliphatic carbocycles. The summed E-state index contributed by atoms with van der Waals surface area (Å²) in [4.78, 5) is 38.5. The first-order valence-electron chi connectivity index (χ1n) is 8.35. The Kier molecular flexibility index (Phi) is 3.63. The van der Waals surface area contributed by atoms with Crippen molar-refractivity contribution in [3.8, 4) is 0 Å². The Labute approximate surface area is 135 Å². The summed E-state index contributed by atoms with van der Waals surface area (Å²) >= 11 is 0. The molecule has 2 aliphatic heterocycles. The first-order chi connectivity index (χ1) is 11.2. The van der Waals surface area contributed by atoms with E-state index in [9.17, 15) is 9.59 Å². The van der Waals surface area contributed by atoms with Crippen molar-refractivity contribution >= 4 is 17.9 Å². The fraction of sp³-hybridized carbons (Fsp3) is 0.625. The number of nitrogens with zero attached hydrogens (tertiary/aromatic N) is 5. The molecular formula is C16H21N5O2. The topological polar surface area (TPSA) is 69.6 Å². The van der Waals surface area contributed by atoms with E-state index in [2.05, 4.69) is 14.9 Å². The van der Waals surface area contributed by atoms with Gasteiger partial charge in [-0.2, -0.15) is 0 Å². The Morgan fingerprint density at radius 1 is 1.13 bits per heavy atom. The van der Waals surface area contributed by atoms with Crippen LogP contribution < -0.4 is 4.90 Å². The average Bonchev–Trinajstić information content (AvgIpc) is 3.39. The lowest BCUT2D eigenvalue weighted by Gasteiger charge is -2.34.